The summed E-state index contributed by atoms with van der Waals surface area (Å²) in [7, 11) is 0. The van der Waals surface area contributed by atoms with Crippen molar-refractivity contribution in [3.05, 3.63) is 64.7 Å². The van der Waals surface area contributed by atoms with Gasteiger partial charge in [0.1, 0.15) is 0 Å². The zero-order valence-corrected chi connectivity index (χ0v) is 10.5. The van der Waals surface area contributed by atoms with Gasteiger partial charge in [0, 0.05) is 28.6 Å². The van der Waals surface area contributed by atoms with E-state index >= 15 is 0 Å². The van der Waals surface area contributed by atoms with Crippen LogP contribution in [0, 0.1) is 0 Å². The van der Waals surface area contributed by atoms with E-state index in [9.17, 15) is 4.79 Å². The first-order chi connectivity index (χ1) is 8.25. The Labute approximate surface area is 107 Å². The van der Waals surface area contributed by atoms with Crippen molar-refractivity contribution in [3.8, 4) is 0 Å². The minimum atomic E-state index is -0.0931. The number of ketones is 1. The maximum absolute atomic E-state index is 11.8. The van der Waals surface area contributed by atoms with Crippen LogP contribution in [0.3, 0.4) is 0 Å². The number of hydrogen-bond acceptors (Lipinski definition) is 3. The number of hydrogen-bond donors (Lipinski definition) is 0. The summed E-state index contributed by atoms with van der Waals surface area (Å²) in [5, 5.41) is 0. The lowest BCUT2D eigenvalue weighted by molar-refractivity contribution is 0.104. The van der Waals surface area contributed by atoms with E-state index in [1.165, 1.54) is 12.3 Å². The smallest absolute Gasteiger partial charge is 0.187 e. The summed E-state index contributed by atoms with van der Waals surface area (Å²) in [4.78, 5) is 19.8. The first-order valence-electron chi connectivity index (χ1n) is 5.00. The van der Waals surface area contributed by atoms with Crippen LogP contribution in [0.4, 0.5) is 0 Å². The van der Waals surface area contributed by atoms with Gasteiger partial charge < -0.3 is 0 Å². The molecule has 2 rings (SSSR count). The predicted molar refractivity (Wildman–Crippen MR) is 69.5 cm³/mol. The van der Waals surface area contributed by atoms with E-state index in [1.54, 1.807) is 24.5 Å². The second-order valence-electron chi connectivity index (χ2n) is 3.34. The molecule has 0 atom stereocenters. The maximum Gasteiger partial charge on any atom is 0.187 e. The summed E-state index contributed by atoms with van der Waals surface area (Å²) in [6.45, 7) is 0. The summed E-state index contributed by atoms with van der Waals surface area (Å²) < 4.78 is 0.787. The number of pyridine rings is 2. The lowest BCUT2D eigenvalue weighted by atomic mass is 10.1. The third kappa shape index (κ3) is 3.32. The van der Waals surface area contributed by atoms with E-state index in [0.29, 0.717) is 5.56 Å². The van der Waals surface area contributed by atoms with Crippen molar-refractivity contribution in [1.29, 1.82) is 0 Å². The molecule has 0 N–H and O–H groups in total. The summed E-state index contributed by atoms with van der Waals surface area (Å²) in [5.74, 6) is -0.0931. The van der Waals surface area contributed by atoms with Gasteiger partial charge in [-0.25, -0.2) is 0 Å². The van der Waals surface area contributed by atoms with E-state index in [0.717, 1.165) is 10.2 Å². The van der Waals surface area contributed by atoms with Gasteiger partial charge in [0.15, 0.2) is 5.78 Å². The fourth-order valence-corrected chi connectivity index (χ4v) is 1.64. The number of aromatic nitrogens is 2. The third-order valence-corrected chi connectivity index (χ3v) is 2.52. The van der Waals surface area contributed by atoms with Gasteiger partial charge in [0.25, 0.3) is 0 Å². The summed E-state index contributed by atoms with van der Waals surface area (Å²) in [6, 6.07) is 7.27. The van der Waals surface area contributed by atoms with Crippen LogP contribution in [0.25, 0.3) is 6.08 Å². The second-order valence-corrected chi connectivity index (χ2v) is 4.26. The highest BCUT2D eigenvalue weighted by atomic mass is 79.9. The first-order valence-corrected chi connectivity index (χ1v) is 5.79. The standard InChI is InChI=1S/C13H9BrN2O/c14-11-7-10(8-15-9-11)13(17)5-4-12-3-1-2-6-16-12/h1-9H/b5-4+. The van der Waals surface area contributed by atoms with Gasteiger partial charge in [-0.15, -0.1) is 0 Å². The molecule has 0 aliphatic rings. The normalized spacial score (nSPS) is 10.6. The minimum absolute atomic E-state index is 0.0931. The monoisotopic (exact) mass is 288 g/mol. The van der Waals surface area contributed by atoms with Crippen LogP contribution in [0.2, 0.25) is 0 Å². The van der Waals surface area contributed by atoms with Gasteiger partial charge in [0.2, 0.25) is 0 Å². The number of allylic oxidation sites excluding steroid dienone is 1. The van der Waals surface area contributed by atoms with Crippen LogP contribution in [-0.2, 0) is 0 Å². The number of halogens is 1. The van der Waals surface area contributed by atoms with E-state index in [2.05, 4.69) is 25.9 Å². The summed E-state index contributed by atoms with van der Waals surface area (Å²) in [6.07, 6.45) is 8.04. The van der Waals surface area contributed by atoms with E-state index in [-0.39, 0.29) is 5.78 Å². The molecule has 4 heteroatoms. The predicted octanol–water partition coefficient (Wildman–Crippen LogP) is 3.14. The number of rotatable bonds is 3. The van der Waals surface area contributed by atoms with Crippen molar-refractivity contribution in [3.63, 3.8) is 0 Å². The molecule has 0 fully saturated rings. The first kappa shape index (κ1) is 11.7. The SMILES string of the molecule is O=C(/C=C/c1ccccn1)c1cncc(Br)c1. The van der Waals surface area contributed by atoms with Crippen LogP contribution in [-0.4, -0.2) is 15.8 Å². The number of carbonyl (C=O) groups is 1. The number of nitrogens with zero attached hydrogens (tertiary/aromatic N) is 2. The van der Waals surface area contributed by atoms with Gasteiger partial charge in [0.05, 0.1) is 5.69 Å². The average molecular weight is 289 g/mol. The molecule has 84 valence electrons. The zero-order chi connectivity index (χ0) is 12.1. The van der Waals surface area contributed by atoms with Gasteiger partial charge in [-0.1, -0.05) is 6.07 Å². The fraction of sp³-hybridized carbons (Fsp3) is 0. The van der Waals surface area contributed by atoms with Gasteiger partial charge in [-0.2, -0.15) is 0 Å². The summed E-state index contributed by atoms with van der Waals surface area (Å²) >= 11 is 3.28. The Hall–Kier alpha value is -1.81. The Balaban J connectivity index is 2.15. The molecule has 2 heterocycles. The quantitative estimate of drug-likeness (QED) is 0.644. The van der Waals surface area contributed by atoms with Crippen LogP contribution in [0.15, 0.2) is 53.4 Å². The summed E-state index contributed by atoms with van der Waals surface area (Å²) in [5.41, 5.74) is 1.30. The van der Waals surface area contributed by atoms with Crippen molar-refractivity contribution in [2.75, 3.05) is 0 Å². The highest BCUT2D eigenvalue weighted by Gasteiger charge is 2.02. The van der Waals surface area contributed by atoms with Crippen molar-refractivity contribution in [2.24, 2.45) is 0 Å². The third-order valence-electron chi connectivity index (χ3n) is 2.08. The Morgan fingerprint density at radius 2 is 2.18 bits per heavy atom. The van der Waals surface area contributed by atoms with Crippen molar-refractivity contribution < 1.29 is 4.79 Å². The van der Waals surface area contributed by atoms with Crippen molar-refractivity contribution in [2.45, 2.75) is 0 Å². The van der Waals surface area contributed by atoms with Crippen LogP contribution in [0.5, 0.6) is 0 Å². The largest absolute Gasteiger partial charge is 0.289 e. The van der Waals surface area contributed by atoms with Crippen LogP contribution >= 0.6 is 15.9 Å². The maximum atomic E-state index is 11.8. The van der Waals surface area contributed by atoms with E-state index in [1.807, 2.05) is 18.2 Å². The Kier molecular flexibility index (Phi) is 3.77. The molecular formula is C13H9BrN2O. The molecule has 3 nitrogen and oxygen atoms in total. The molecule has 0 saturated heterocycles. The molecule has 0 unspecified atom stereocenters. The zero-order valence-electron chi connectivity index (χ0n) is 8.88. The van der Waals surface area contributed by atoms with Crippen LogP contribution < -0.4 is 0 Å². The minimum Gasteiger partial charge on any atom is -0.289 e. The lowest BCUT2D eigenvalue weighted by Crippen LogP contribution is -1.95. The lowest BCUT2D eigenvalue weighted by Gasteiger charge is -1.95. The average Bonchev–Trinajstić information content (AvgIpc) is 2.37. The molecule has 0 amide bonds. The highest BCUT2D eigenvalue weighted by Crippen LogP contribution is 2.10. The molecule has 0 aliphatic carbocycles. The molecule has 0 aliphatic heterocycles. The molecule has 17 heavy (non-hydrogen) atoms. The van der Waals surface area contributed by atoms with Gasteiger partial charge >= 0.3 is 0 Å². The molecular weight excluding hydrogens is 280 g/mol. The molecule has 0 bridgehead atoms. The molecule has 2 aromatic rings. The Morgan fingerprint density at radius 3 is 2.88 bits per heavy atom. The fourth-order valence-electron chi connectivity index (χ4n) is 1.28. The van der Waals surface area contributed by atoms with Gasteiger partial charge in [-0.3, -0.25) is 14.8 Å². The second kappa shape index (κ2) is 5.50. The molecule has 2 aromatic heterocycles. The van der Waals surface area contributed by atoms with Crippen molar-refractivity contribution in [1.82, 2.24) is 9.97 Å². The van der Waals surface area contributed by atoms with E-state index in [4.69, 9.17) is 0 Å². The molecule has 0 saturated carbocycles. The topological polar surface area (TPSA) is 42.9 Å². The molecule has 0 spiro atoms. The molecule has 0 radical (unpaired) electrons. The van der Waals surface area contributed by atoms with Gasteiger partial charge in [-0.05, 0) is 46.3 Å². The van der Waals surface area contributed by atoms with E-state index < -0.39 is 0 Å². The number of carbonyl (C=O) groups excluding carboxylic acids is 1. The van der Waals surface area contributed by atoms with Crippen molar-refractivity contribution >= 4 is 27.8 Å². The molecule has 0 aromatic carbocycles. The Bertz CT molecular complexity index is 552. The van der Waals surface area contributed by atoms with Crippen LogP contribution in [0.1, 0.15) is 16.1 Å². The highest BCUT2D eigenvalue weighted by molar-refractivity contribution is 9.10. The Morgan fingerprint density at radius 1 is 1.29 bits per heavy atom.